The molecule has 0 spiro atoms. The Morgan fingerprint density at radius 2 is 1.40 bits per heavy atom. The van der Waals surface area contributed by atoms with Crippen molar-refractivity contribution in [2.24, 2.45) is 0 Å². The number of nitrogens with one attached hydrogen (secondary N) is 2. The SMILES string of the molecule is Cl.O=c1c(O)c[nH]c(CO)c1Br.O=c1c(OCc2ccccc2)c[nH]c(CO)c1Br. The molecule has 0 radical (unpaired) electrons. The molecule has 5 N–H and O–H groups in total. The molecule has 11 heteroatoms. The number of rotatable bonds is 5. The monoisotopic (exact) mass is 564 g/mol. The van der Waals surface area contributed by atoms with E-state index in [-0.39, 0.29) is 47.0 Å². The minimum atomic E-state index is -0.521. The van der Waals surface area contributed by atoms with Gasteiger partial charge in [-0.05, 0) is 37.4 Å². The summed E-state index contributed by atoms with van der Waals surface area (Å²) in [7, 11) is 0. The van der Waals surface area contributed by atoms with Crippen LogP contribution < -0.4 is 15.6 Å². The smallest absolute Gasteiger partial charge is 0.237 e. The van der Waals surface area contributed by atoms with E-state index in [0.29, 0.717) is 22.5 Å². The van der Waals surface area contributed by atoms with Crippen LogP contribution in [-0.4, -0.2) is 25.3 Å². The second-order valence-electron chi connectivity index (χ2n) is 5.66. The fraction of sp³-hybridized carbons (Fsp3) is 0.158. The summed E-state index contributed by atoms with van der Waals surface area (Å²) in [6, 6.07) is 9.58. The van der Waals surface area contributed by atoms with Crippen molar-refractivity contribution < 1.29 is 20.1 Å². The predicted molar refractivity (Wildman–Crippen MR) is 121 cm³/mol. The zero-order valence-corrected chi connectivity index (χ0v) is 19.4. The third kappa shape index (κ3) is 6.71. The predicted octanol–water partition coefficient (Wildman–Crippen LogP) is 2.97. The third-order valence-electron chi connectivity index (χ3n) is 3.70. The van der Waals surface area contributed by atoms with Crippen molar-refractivity contribution in [2.45, 2.75) is 19.8 Å². The van der Waals surface area contributed by atoms with E-state index in [9.17, 15) is 9.59 Å². The zero-order chi connectivity index (χ0) is 21.4. The maximum atomic E-state index is 11.9. The van der Waals surface area contributed by atoms with Crippen LogP contribution >= 0.6 is 44.3 Å². The molecule has 0 saturated carbocycles. The highest BCUT2D eigenvalue weighted by Crippen LogP contribution is 2.15. The van der Waals surface area contributed by atoms with E-state index in [2.05, 4.69) is 41.8 Å². The van der Waals surface area contributed by atoms with Crippen LogP contribution in [0.4, 0.5) is 0 Å². The van der Waals surface area contributed by atoms with E-state index < -0.39 is 5.43 Å². The van der Waals surface area contributed by atoms with Gasteiger partial charge in [-0.2, -0.15) is 0 Å². The molecule has 2 aromatic heterocycles. The molecule has 0 unspecified atom stereocenters. The standard InChI is InChI=1S/C13H12BrNO3.C6H6BrNO3.ClH/c14-12-10(7-16)15-6-11(13(12)17)18-8-9-4-2-1-3-5-9;7-5-3(2-9)8-1-4(10)6(5)11;/h1-6,16H,7-8H2,(H,15,17);1,9-10H,2H2,(H,8,11);1H. The Hall–Kier alpha value is -2.11. The number of aromatic amines is 2. The van der Waals surface area contributed by atoms with Crippen LogP contribution in [0.1, 0.15) is 17.0 Å². The Balaban J connectivity index is 0.000000324. The van der Waals surface area contributed by atoms with Crippen molar-refractivity contribution in [1.82, 2.24) is 9.97 Å². The molecule has 2 heterocycles. The van der Waals surface area contributed by atoms with Crippen LogP contribution in [0.2, 0.25) is 0 Å². The lowest BCUT2D eigenvalue weighted by atomic mass is 10.2. The summed E-state index contributed by atoms with van der Waals surface area (Å²) in [4.78, 5) is 28.1. The first-order valence-corrected chi connectivity index (χ1v) is 9.85. The average Bonchev–Trinajstić information content (AvgIpc) is 2.74. The number of halogens is 3. The van der Waals surface area contributed by atoms with Gasteiger partial charge in [0.25, 0.3) is 0 Å². The lowest BCUT2D eigenvalue weighted by molar-refractivity contribution is 0.273. The Kier molecular flexibility index (Phi) is 10.8. The molecule has 30 heavy (non-hydrogen) atoms. The van der Waals surface area contributed by atoms with Gasteiger partial charge < -0.3 is 30.0 Å². The van der Waals surface area contributed by atoms with Gasteiger partial charge in [0.1, 0.15) is 6.61 Å². The highest BCUT2D eigenvalue weighted by Gasteiger charge is 2.09. The topological polar surface area (TPSA) is 136 Å². The fourth-order valence-electron chi connectivity index (χ4n) is 2.13. The molecule has 162 valence electrons. The van der Waals surface area contributed by atoms with Crippen LogP contribution in [0.25, 0.3) is 0 Å². The van der Waals surface area contributed by atoms with Gasteiger partial charge in [-0.1, -0.05) is 30.3 Å². The van der Waals surface area contributed by atoms with Crippen LogP contribution in [0.3, 0.4) is 0 Å². The minimum absolute atomic E-state index is 0. The number of pyridine rings is 2. The van der Waals surface area contributed by atoms with Crippen molar-refractivity contribution >= 4 is 44.3 Å². The highest BCUT2D eigenvalue weighted by atomic mass is 79.9. The van der Waals surface area contributed by atoms with Crippen molar-refractivity contribution in [3.8, 4) is 11.5 Å². The van der Waals surface area contributed by atoms with E-state index in [0.717, 1.165) is 11.8 Å². The number of aliphatic hydroxyl groups excluding tert-OH is 2. The van der Waals surface area contributed by atoms with Gasteiger partial charge in [-0.15, -0.1) is 12.4 Å². The third-order valence-corrected chi connectivity index (χ3v) is 5.38. The first kappa shape index (κ1) is 25.9. The first-order valence-electron chi connectivity index (χ1n) is 8.26. The van der Waals surface area contributed by atoms with E-state index in [4.69, 9.17) is 20.1 Å². The number of aliphatic hydroxyl groups is 2. The molecular formula is C19H19Br2ClN2O6. The molecule has 8 nitrogen and oxygen atoms in total. The fourth-order valence-corrected chi connectivity index (χ4v) is 3.01. The molecule has 3 aromatic rings. The summed E-state index contributed by atoms with van der Waals surface area (Å²) < 4.78 is 5.92. The summed E-state index contributed by atoms with van der Waals surface area (Å²) in [6.45, 7) is -0.167. The second kappa shape index (κ2) is 12.6. The van der Waals surface area contributed by atoms with Crippen LogP contribution in [0.15, 0.2) is 61.3 Å². The molecular weight excluding hydrogens is 547 g/mol. The molecule has 1 aromatic carbocycles. The van der Waals surface area contributed by atoms with Gasteiger partial charge in [0.15, 0.2) is 11.5 Å². The van der Waals surface area contributed by atoms with Crippen molar-refractivity contribution in [3.63, 3.8) is 0 Å². The number of benzene rings is 1. The van der Waals surface area contributed by atoms with Crippen molar-refractivity contribution in [1.29, 1.82) is 0 Å². The summed E-state index contributed by atoms with van der Waals surface area (Å²) in [6.07, 6.45) is 2.60. The Bertz CT molecular complexity index is 1070. The zero-order valence-electron chi connectivity index (χ0n) is 15.4. The molecule has 0 aliphatic rings. The Morgan fingerprint density at radius 3 is 1.97 bits per heavy atom. The van der Waals surface area contributed by atoms with Crippen LogP contribution in [-0.2, 0) is 19.8 Å². The molecule has 0 amide bonds. The summed E-state index contributed by atoms with van der Waals surface area (Å²) in [5.41, 5.74) is 0.987. The largest absolute Gasteiger partial charge is 0.503 e. The summed E-state index contributed by atoms with van der Waals surface area (Å²) >= 11 is 6.06. The summed E-state index contributed by atoms with van der Waals surface area (Å²) in [5, 5.41) is 26.5. The number of hydrogen-bond donors (Lipinski definition) is 5. The number of ether oxygens (including phenoxy) is 1. The summed E-state index contributed by atoms with van der Waals surface area (Å²) in [5.74, 6) is -0.142. The van der Waals surface area contributed by atoms with Crippen molar-refractivity contribution in [3.05, 3.63) is 89.1 Å². The molecule has 0 atom stereocenters. The molecule has 0 aliphatic carbocycles. The van der Waals surface area contributed by atoms with E-state index in [1.807, 2.05) is 30.3 Å². The first-order chi connectivity index (χ1) is 13.9. The van der Waals surface area contributed by atoms with Gasteiger partial charge >= 0.3 is 0 Å². The van der Waals surface area contributed by atoms with Gasteiger partial charge in [-0.25, -0.2) is 0 Å². The highest BCUT2D eigenvalue weighted by molar-refractivity contribution is 9.10. The molecule has 0 aliphatic heterocycles. The second-order valence-corrected chi connectivity index (χ2v) is 7.25. The van der Waals surface area contributed by atoms with Gasteiger partial charge in [0.05, 0.1) is 33.5 Å². The average molecular weight is 567 g/mol. The molecule has 3 rings (SSSR count). The van der Waals surface area contributed by atoms with E-state index >= 15 is 0 Å². The molecule has 0 fully saturated rings. The number of hydrogen-bond acceptors (Lipinski definition) is 6. The Labute approximate surface area is 194 Å². The maximum absolute atomic E-state index is 11.9. The van der Waals surface area contributed by atoms with E-state index in [1.165, 1.54) is 6.20 Å². The van der Waals surface area contributed by atoms with Crippen LogP contribution in [0, 0.1) is 0 Å². The van der Waals surface area contributed by atoms with Crippen molar-refractivity contribution in [2.75, 3.05) is 0 Å². The van der Waals surface area contributed by atoms with Gasteiger partial charge in [0, 0.05) is 12.4 Å². The Morgan fingerprint density at radius 1 is 0.867 bits per heavy atom. The molecule has 0 bridgehead atoms. The number of aromatic nitrogens is 2. The van der Waals surface area contributed by atoms with Gasteiger partial charge in [-0.3, -0.25) is 9.59 Å². The normalized spacial score (nSPS) is 9.87. The molecule has 0 saturated heterocycles. The number of H-pyrrole nitrogens is 2. The lowest BCUT2D eigenvalue weighted by Gasteiger charge is -2.07. The number of aromatic hydroxyl groups is 1. The quantitative estimate of drug-likeness (QED) is 0.322. The van der Waals surface area contributed by atoms with E-state index in [1.54, 1.807) is 0 Å². The maximum Gasteiger partial charge on any atom is 0.237 e. The van der Waals surface area contributed by atoms with Gasteiger partial charge in [0.2, 0.25) is 10.9 Å². The van der Waals surface area contributed by atoms with Crippen LogP contribution in [0.5, 0.6) is 11.5 Å². The lowest BCUT2D eigenvalue weighted by Crippen LogP contribution is -2.12. The minimum Gasteiger partial charge on any atom is -0.503 e.